The van der Waals surface area contributed by atoms with E-state index in [9.17, 15) is 0 Å². The second-order valence-corrected chi connectivity index (χ2v) is 10.1. The maximum absolute atomic E-state index is 8.25. The number of hydrogen-bond donors (Lipinski definition) is 3. The molecule has 32 heavy (non-hydrogen) atoms. The summed E-state index contributed by atoms with van der Waals surface area (Å²) in [6, 6.07) is 15.0. The fraction of sp³-hybridized carbons (Fsp3) is 0.381. The second-order valence-electron chi connectivity index (χ2n) is 6.86. The molecule has 0 radical (unpaired) electrons. The molecule has 2 heterocycles. The lowest BCUT2D eigenvalue weighted by Crippen LogP contribution is -2.29. The van der Waals surface area contributed by atoms with Gasteiger partial charge in [-0.1, -0.05) is 41.6 Å². The first kappa shape index (κ1) is 24.2. The van der Waals surface area contributed by atoms with Gasteiger partial charge in [-0.25, -0.2) is 9.99 Å². The Balaban J connectivity index is 1.54. The van der Waals surface area contributed by atoms with Crippen LogP contribution in [-0.4, -0.2) is 57.8 Å². The number of anilines is 1. The van der Waals surface area contributed by atoms with Crippen LogP contribution in [0, 0.1) is 10.9 Å². The average molecular weight is 474 g/mol. The molecule has 0 bridgehead atoms. The summed E-state index contributed by atoms with van der Waals surface area (Å²) in [7, 11) is 1.53. The van der Waals surface area contributed by atoms with E-state index in [-0.39, 0.29) is 23.4 Å². The van der Waals surface area contributed by atoms with Gasteiger partial charge in [-0.15, -0.1) is 23.5 Å². The molecule has 0 amide bonds. The highest BCUT2D eigenvalue weighted by Gasteiger charge is 2.31. The Labute approximate surface area is 196 Å². The van der Waals surface area contributed by atoms with Gasteiger partial charge in [0.05, 0.1) is 12.3 Å². The van der Waals surface area contributed by atoms with Gasteiger partial charge >= 0.3 is 0 Å². The van der Waals surface area contributed by atoms with Crippen LogP contribution in [0.5, 0.6) is 0 Å². The number of likely N-dealkylation sites (N-methyl/N-ethyl adjacent to an activating group) is 1. The molecular weight excluding hydrogens is 446 g/mol. The van der Waals surface area contributed by atoms with Crippen molar-refractivity contribution in [3.8, 4) is 0 Å². The summed E-state index contributed by atoms with van der Waals surface area (Å²) in [4.78, 5) is 8.96. The maximum Gasteiger partial charge on any atom is 0.169 e. The number of rotatable bonds is 11. The third kappa shape index (κ3) is 7.02. The molecular formula is C21H27N7O2S2. The quantitative estimate of drug-likeness (QED) is 0.110. The van der Waals surface area contributed by atoms with Gasteiger partial charge in [0.2, 0.25) is 0 Å². The lowest BCUT2D eigenvalue weighted by molar-refractivity contribution is 0.118. The summed E-state index contributed by atoms with van der Waals surface area (Å²) < 4.78 is 11.4. The van der Waals surface area contributed by atoms with Crippen LogP contribution in [0.3, 0.4) is 0 Å². The molecule has 0 atom stereocenters. The minimum absolute atomic E-state index is 0.0198. The Morgan fingerprint density at radius 3 is 2.66 bits per heavy atom. The molecule has 1 saturated heterocycles. The molecule has 9 nitrogen and oxygen atoms in total. The summed E-state index contributed by atoms with van der Waals surface area (Å²) in [6.45, 7) is 2.80. The van der Waals surface area contributed by atoms with Crippen LogP contribution in [0.15, 0.2) is 58.7 Å². The minimum Gasteiger partial charge on any atom is -0.353 e. The normalized spacial score (nSPS) is 15.4. The Morgan fingerprint density at radius 1 is 1.19 bits per heavy atom. The van der Waals surface area contributed by atoms with E-state index in [0.717, 1.165) is 33.6 Å². The largest absolute Gasteiger partial charge is 0.353 e. The standard InChI is InChI=1S/C21H27N7O2S2/c1-21(31-11-12-32-21)30-15-24-18-10-6-9-17(26-18)13-29-14-25-19(20(22)28(2)27-23)16-7-4-3-5-8-16/h3-10,22-23H,11-15H2,1-2H3,(H,24,26). The number of ether oxygens (including phenoxy) is 2. The van der Waals surface area contributed by atoms with Gasteiger partial charge in [0.25, 0.3) is 0 Å². The van der Waals surface area contributed by atoms with Crippen molar-refractivity contribution in [2.45, 2.75) is 17.8 Å². The fourth-order valence-corrected chi connectivity index (χ4v) is 5.37. The molecule has 1 aliphatic rings. The monoisotopic (exact) mass is 473 g/mol. The molecule has 170 valence electrons. The number of nitrogens with one attached hydrogen (secondary N) is 3. The SMILES string of the molecule is CN(N=N)C(=N)C(=NCOCc1cccc(NCOC2(C)SCCS2)n1)c1ccccc1. The Kier molecular flexibility index (Phi) is 9.03. The highest BCUT2D eigenvalue weighted by Crippen LogP contribution is 2.44. The van der Waals surface area contributed by atoms with Gasteiger partial charge in [-0.05, 0) is 19.1 Å². The number of aromatic nitrogens is 1. The highest BCUT2D eigenvalue weighted by molar-refractivity contribution is 8.21. The summed E-state index contributed by atoms with van der Waals surface area (Å²) in [5.74, 6) is 2.95. The van der Waals surface area contributed by atoms with Crippen molar-refractivity contribution in [2.24, 2.45) is 10.2 Å². The van der Waals surface area contributed by atoms with Crippen LogP contribution >= 0.6 is 23.5 Å². The lowest BCUT2D eigenvalue weighted by Gasteiger charge is -2.22. The van der Waals surface area contributed by atoms with Crippen LogP contribution in [0.1, 0.15) is 18.2 Å². The molecule has 0 aliphatic carbocycles. The van der Waals surface area contributed by atoms with Crippen LogP contribution in [-0.2, 0) is 16.1 Å². The predicted octanol–water partition coefficient (Wildman–Crippen LogP) is 4.44. The molecule has 1 fully saturated rings. The van der Waals surface area contributed by atoms with Crippen molar-refractivity contribution in [1.82, 2.24) is 9.99 Å². The third-order valence-electron chi connectivity index (χ3n) is 4.52. The van der Waals surface area contributed by atoms with E-state index >= 15 is 0 Å². The summed E-state index contributed by atoms with van der Waals surface area (Å²) in [6.07, 6.45) is 0. The lowest BCUT2D eigenvalue weighted by atomic mass is 10.1. The van der Waals surface area contributed by atoms with Crippen molar-refractivity contribution in [3.05, 3.63) is 59.8 Å². The molecule has 1 aromatic heterocycles. The molecule has 11 heteroatoms. The molecule has 1 aliphatic heterocycles. The van der Waals surface area contributed by atoms with E-state index in [0.29, 0.717) is 12.4 Å². The van der Waals surface area contributed by atoms with Crippen LogP contribution in [0.4, 0.5) is 5.82 Å². The van der Waals surface area contributed by atoms with Crippen molar-refractivity contribution < 1.29 is 9.47 Å². The van der Waals surface area contributed by atoms with E-state index < -0.39 is 0 Å². The van der Waals surface area contributed by atoms with Crippen molar-refractivity contribution in [3.63, 3.8) is 0 Å². The van der Waals surface area contributed by atoms with Crippen molar-refractivity contribution >= 4 is 40.9 Å². The molecule has 0 saturated carbocycles. The first-order chi connectivity index (χ1) is 15.5. The number of nitrogens with zero attached hydrogens (tertiary/aromatic N) is 4. The number of aliphatic imine (C=N–C) groups is 1. The summed E-state index contributed by atoms with van der Waals surface area (Å²) in [5, 5.41) is 15.9. The topological polar surface area (TPSA) is 119 Å². The summed E-state index contributed by atoms with van der Waals surface area (Å²) in [5.41, 5.74) is 9.07. The smallest absolute Gasteiger partial charge is 0.169 e. The number of amidine groups is 1. The number of hydrogen-bond acceptors (Lipinski definition) is 10. The first-order valence-corrected chi connectivity index (χ1v) is 12.0. The van der Waals surface area contributed by atoms with Gasteiger partial charge in [0.15, 0.2) is 10.1 Å². The van der Waals surface area contributed by atoms with E-state index in [1.807, 2.05) is 72.1 Å². The van der Waals surface area contributed by atoms with E-state index in [1.165, 1.54) is 7.05 Å². The Hall–Kier alpha value is -2.47. The van der Waals surface area contributed by atoms with E-state index in [4.69, 9.17) is 20.4 Å². The molecule has 3 N–H and O–H groups in total. The average Bonchev–Trinajstić information content (AvgIpc) is 3.25. The number of benzene rings is 1. The number of pyridine rings is 1. The fourth-order valence-electron chi connectivity index (χ4n) is 2.84. The van der Waals surface area contributed by atoms with Crippen molar-refractivity contribution in [1.29, 1.82) is 10.9 Å². The zero-order valence-electron chi connectivity index (χ0n) is 18.1. The summed E-state index contributed by atoms with van der Waals surface area (Å²) >= 11 is 3.63. The van der Waals surface area contributed by atoms with Crippen LogP contribution < -0.4 is 5.32 Å². The van der Waals surface area contributed by atoms with Crippen LogP contribution in [0.25, 0.3) is 0 Å². The number of thioether (sulfide) groups is 2. The predicted molar refractivity (Wildman–Crippen MR) is 130 cm³/mol. The second kappa shape index (κ2) is 12.0. The van der Waals surface area contributed by atoms with Gasteiger partial charge in [-0.2, -0.15) is 5.53 Å². The van der Waals surface area contributed by atoms with Gasteiger partial charge in [0, 0.05) is 24.1 Å². The van der Waals surface area contributed by atoms with Crippen LogP contribution in [0.2, 0.25) is 0 Å². The molecule has 0 unspecified atom stereocenters. The maximum atomic E-state index is 8.25. The Bertz CT molecular complexity index is 937. The molecule has 1 aromatic carbocycles. The zero-order valence-corrected chi connectivity index (χ0v) is 19.7. The first-order valence-electron chi connectivity index (χ1n) is 10.00. The third-order valence-corrected chi connectivity index (χ3v) is 7.58. The zero-order chi connectivity index (χ0) is 22.8. The minimum atomic E-state index is -0.197. The highest BCUT2D eigenvalue weighted by atomic mass is 32.2. The molecule has 3 rings (SSSR count). The van der Waals surface area contributed by atoms with E-state index in [2.05, 4.69) is 27.4 Å². The van der Waals surface area contributed by atoms with Crippen molar-refractivity contribution in [2.75, 3.05) is 37.3 Å². The molecule has 2 aromatic rings. The van der Waals surface area contributed by atoms with Gasteiger partial charge < -0.3 is 14.8 Å². The Morgan fingerprint density at radius 2 is 1.94 bits per heavy atom. The molecule has 0 spiro atoms. The van der Waals surface area contributed by atoms with E-state index in [1.54, 1.807) is 0 Å². The van der Waals surface area contributed by atoms with Gasteiger partial charge in [0.1, 0.15) is 25.0 Å². The van der Waals surface area contributed by atoms with Gasteiger partial charge in [-0.3, -0.25) is 10.4 Å².